The van der Waals surface area contributed by atoms with Gasteiger partial charge >= 0.3 is 0 Å². The zero-order valence-electron chi connectivity index (χ0n) is 14.1. The summed E-state index contributed by atoms with van der Waals surface area (Å²) >= 11 is 0. The van der Waals surface area contributed by atoms with E-state index >= 15 is 0 Å². The van der Waals surface area contributed by atoms with Gasteiger partial charge in [0.25, 0.3) is 0 Å². The van der Waals surface area contributed by atoms with Gasteiger partial charge in [0.05, 0.1) is 5.41 Å². The van der Waals surface area contributed by atoms with Gasteiger partial charge in [0.15, 0.2) is 0 Å². The molecule has 26 heavy (non-hydrogen) atoms. The minimum atomic E-state index is -0.277. The van der Waals surface area contributed by atoms with Crippen molar-refractivity contribution in [2.24, 2.45) is 5.41 Å². The van der Waals surface area contributed by atoms with E-state index in [0.29, 0.717) is 0 Å². The van der Waals surface area contributed by atoms with E-state index in [2.05, 4.69) is 85.0 Å². The molecule has 1 unspecified atom stereocenters. The molecule has 2 aromatic carbocycles. The lowest BCUT2D eigenvalue weighted by Gasteiger charge is -2.39. The molecule has 0 radical (unpaired) electrons. The topological polar surface area (TPSA) is 9.23 Å². The van der Waals surface area contributed by atoms with E-state index < -0.39 is 0 Å². The maximum atomic E-state index is 6.25. The Bertz CT molecular complexity index is 1150. The van der Waals surface area contributed by atoms with Crippen molar-refractivity contribution in [3.8, 4) is 5.75 Å². The first kappa shape index (κ1) is 13.9. The summed E-state index contributed by atoms with van der Waals surface area (Å²) in [7, 11) is 0. The van der Waals surface area contributed by atoms with Crippen molar-refractivity contribution in [1.82, 2.24) is 0 Å². The molecule has 0 bridgehead atoms. The number of fused-ring (bicyclic) bond motifs is 7. The van der Waals surface area contributed by atoms with Gasteiger partial charge in [-0.2, -0.15) is 0 Å². The van der Waals surface area contributed by atoms with Crippen molar-refractivity contribution < 1.29 is 4.74 Å². The molecule has 0 N–H and O–H groups in total. The van der Waals surface area contributed by atoms with E-state index in [1.54, 1.807) is 0 Å². The van der Waals surface area contributed by atoms with Crippen LogP contribution in [0.4, 0.5) is 0 Å². The third kappa shape index (κ3) is 1.70. The Morgan fingerprint density at radius 3 is 2.35 bits per heavy atom. The van der Waals surface area contributed by atoms with Crippen LogP contribution in [-0.2, 0) is 0 Å². The molecule has 3 aliphatic carbocycles. The van der Waals surface area contributed by atoms with E-state index in [0.717, 1.165) is 17.1 Å². The SMILES string of the molecule is C1=CC2(C=CC=C3C2=Cc2ccccc23)C2=Cc3ccccc3OC2=C1. The number of para-hydroxylation sites is 1. The average Bonchev–Trinajstić information content (AvgIpc) is 3.07. The summed E-state index contributed by atoms with van der Waals surface area (Å²) in [6, 6.07) is 16.9. The summed E-state index contributed by atoms with van der Waals surface area (Å²) < 4.78 is 6.25. The van der Waals surface area contributed by atoms with Crippen LogP contribution in [0.5, 0.6) is 5.75 Å². The summed E-state index contributed by atoms with van der Waals surface area (Å²) in [5.74, 6) is 1.86. The summed E-state index contributed by atoms with van der Waals surface area (Å²) in [4.78, 5) is 0. The zero-order valence-corrected chi connectivity index (χ0v) is 14.1. The molecule has 0 fully saturated rings. The Labute approximate surface area is 152 Å². The van der Waals surface area contributed by atoms with Crippen LogP contribution >= 0.6 is 0 Å². The van der Waals surface area contributed by atoms with Crippen LogP contribution in [0.3, 0.4) is 0 Å². The molecular weight excluding hydrogens is 316 g/mol. The number of rotatable bonds is 0. The molecule has 1 atom stereocenters. The van der Waals surface area contributed by atoms with Crippen LogP contribution in [0, 0.1) is 5.41 Å². The van der Waals surface area contributed by atoms with Gasteiger partial charge in [-0.3, -0.25) is 0 Å². The van der Waals surface area contributed by atoms with Crippen molar-refractivity contribution >= 4 is 17.7 Å². The predicted octanol–water partition coefficient (Wildman–Crippen LogP) is 5.95. The summed E-state index contributed by atoms with van der Waals surface area (Å²) in [6.45, 7) is 0. The van der Waals surface area contributed by atoms with Gasteiger partial charge in [-0.1, -0.05) is 72.8 Å². The second-order valence-corrected chi connectivity index (χ2v) is 7.04. The van der Waals surface area contributed by atoms with Gasteiger partial charge in [-0.15, -0.1) is 0 Å². The minimum Gasteiger partial charge on any atom is -0.456 e. The number of allylic oxidation sites excluding steroid dienone is 9. The van der Waals surface area contributed by atoms with Gasteiger partial charge in [0, 0.05) is 11.1 Å². The van der Waals surface area contributed by atoms with Crippen molar-refractivity contribution in [3.05, 3.63) is 119 Å². The molecule has 0 saturated heterocycles. The molecule has 0 amide bonds. The second-order valence-electron chi connectivity index (χ2n) is 7.04. The van der Waals surface area contributed by atoms with Crippen LogP contribution in [0.25, 0.3) is 17.7 Å². The molecule has 122 valence electrons. The second kappa shape index (κ2) is 4.86. The third-order valence-electron chi connectivity index (χ3n) is 5.67. The maximum Gasteiger partial charge on any atom is 0.134 e. The molecule has 1 heterocycles. The molecule has 6 rings (SSSR count). The largest absolute Gasteiger partial charge is 0.456 e. The molecule has 4 aliphatic rings. The predicted molar refractivity (Wildman–Crippen MR) is 106 cm³/mol. The Kier molecular flexibility index (Phi) is 2.60. The third-order valence-corrected chi connectivity index (χ3v) is 5.67. The summed E-state index contributed by atoms with van der Waals surface area (Å²) in [5.41, 5.74) is 7.31. The number of hydrogen-bond acceptors (Lipinski definition) is 1. The van der Waals surface area contributed by atoms with Gasteiger partial charge in [0.1, 0.15) is 11.5 Å². The van der Waals surface area contributed by atoms with Crippen LogP contribution in [0.2, 0.25) is 0 Å². The molecule has 1 nitrogen and oxygen atoms in total. The fourth-order valence-corrected chi connectivity index (χ4v) is 4.45. The van der Waals surface area contributed by atoms with Crippen LogP contribution in [-0.4, -0.2) is 0 Å². The zero-order chi connectivity index (χ0) is 17.1. The highest BCUT2D eigenvalue weighted by atomic mass is 16.5. The first-order chi connectivity index (χ1) is 12.9. The van der Waals surface area contributed by atoms with Crippen molar-refractivity contribution in [2.75, 3.05) is 0 Å². The normalized spacial score (nSPS) is 23.7. The minimum absolute atomic E-state index is 0.277. The van der Waals surface area contributed by atoms with Crippen LogP contribution in [0.15, 0.2) is 102 Å². The van der Waals surface area contributed by atoms with Crippen molar-refractivity contribution in [1.29, 1.82) is 0 Å². The van der Waals surface area contributed by atoms with Crippen LogP contribution < -0.4 is 4.74 Å². The maximum absolute atomic E-state index is 6.25. The first-order valence-electron chi connectivity index (χ1n) is 8.96. The quantitative estimate of drug-likeness (QED) is 0.579. The fourth-order valence-electron chi connectivity index (χ4n) is 4.45. The number of benzene rings is 2. The van der Waals surface area contributed by atoms with Crippen molar-refractivity contribution in [2.45, 2.75) is 0 Å². The Morgan fingerprint density at radius 1 is 0.692 bits per heavy atom. The lowest BCUT2D eigenvalue weighted by atomic mass is 9.66. The lowest BCUT2D eigenvalue weighted by molar-refractivity contribution is 0.412. The van der Waals surface area contributed by atoms with E-state index in [1.165, 1.54) is 27.8 Å². The molecule has 0 saturated carbocycles. The molecule has 1 aliphatic heterocycles. The molecule has 2 aromatic rings. The Hall–Kier alpha value is -3.32. The van der Waals surface area contributed by atoms with Gasteiger partial charge in [-0.05, 0) is 46.6 Å². The number of hydrogen-bond donors (Lipinski definition) is 0. The lowest BCUT2D eigenvalue weighted by Crippen LogP contribution is -2.28. The van der Waals surface area contributed by atoms with Crippen molar-refractivity contribution in [3.63, 3.8) is 0 Å². The van der Waals surface area contributed by atoms with Gasteiger partial charge < -0.3 is 4.74 Å². The highest BCUT2D eigenvalue weighted by molar-refractivity contribution is 5.99. The molecule has 1 spiro atoms. The van der Waals surface area contributed by atoms with E-state index in [1.807, 2.05) is 12.1 Å². The van der Waals surface area contributed by atoms with E-state index in [-0.39, 0.29) is 5.41 Å². The van der Waals surface area contributed by atoms with E-state index in [4.69, 9.17) is 4.74 Å². The summed E-state index contributed by atoms with van der Waals surface area (Å²) in [5, 5.41) is 0. The standard InChI is InChI=1S/C25H16O/c1-3-9-19-17(7-1)15-21-20(19)10-5-13-25(21)14-6-12-24-22(25)16-18-8-2-4-11-23(18)26-24/h1-16H. The average molecular weight is 332 g/mol. The number of ether oxygens (including phenoxy) is 1. The first-order valence-corrected chi connectivity index (χ1v) is 8.96. The Balaban J connectivity index is 1.59. The highest BCUT2D eigenvalue weighted by Gasteiger charge is 2.43. The molecular formula is C25H16O. The van der Waals surface area contributed by atoms with Crippen LogP contribution in [0.1, 0.15) is 16.7 Å². The smallest absolute Gasteiger partial charge is 0.134 e. The summed E-state index contributed by atoms with van der Waals surface area (Å²) in [6.07, 6.45) is 17.8. The van der Waals surface area contributed by atoms with Gasteiger partial charge in [-0.25, -0.2) is 0 Å². The van der Waals surface area contributed by atoms with E-state index in [9.17, 15) is 0 Å². The molecule has 1 heteroatoms. The highest BCUT2D eigenvalue weighted by Crippen LogP contribution is 2.56. The fraction of sp³-hybridized carbons (Fsp3) is 0.0400. The molecule has 0 aromatic heterocycles. The Morgan fingerprint density at radius 2 is 1.42 bits per heavy atom. The van der Waals surface area contributed by atoms with Gasteiger partial charge in [0.2, 0.25) is 0 Å². The monoisotopic (exact) mass is 332 g/mol.